The number of rotatable bonds is 3. The predicted molar refractivity (Wildman–Crippen MR) is 54.4 cm³/mol. The lowest BCUT2D eigenvalue weighted by molar-refractivity contribution is 0.0948. The van der Waals surface area contributed by atoms with Gasteiger partial charge >= 0.3 is 0 Å². The average molecular weight is 194 g/mol. The Morgan fingerprint density at radius 3 is 2.93 bits per heavy atom. The van der Waals surface area contributed by atoms with Gasteiger partial charge in [0.25, 0.3) is 0 Å². The normalized spacial score (nSPS) is 22.0. The van der Waals surface area contributed by atoms with Crippen LogP contribution >= 0.6 is 0 Å². The first-order valence-corrected chi connectivity index (χ1v) is 5.01. The van der Waals surface area contributed by atoms with Gasteiger partial charge in [-0.2, -0.15) is 0 Å². The molecule has 1 atom stereocenters. The lowest BCUT2D eigenvalue weighted by atomic mass is 9.95. The Kier molecular flexibility index (Phi) is 2.79. The van der Waals surface area contributed by atoms with Crippen molar-refractivity contribution in [3.8, 4) is 0 Å². The predicted octanol–water partition coefficient (Wildman–Crippen LogP) is 1.53. The van der Waals surface area contributed by atoms with Crippen molar-refractivity contribution in [1.29, 1.82) is 0 Å². The lowest BCUT2D eigenvalue weighted by Gasteiger charge is -2.41. The molecule has 0 saturated carbocycles. The lowest BCUT2D eigenvalue weighted by Crippen LogP contribution is -2.43. The molecule has 1 saturated heterocycles. The van der Waals surface area contributed by atoms with E-state index in [0.29, 0.717) is 12.6 Å². The van der Waals surface area contributed by atoms with Gasteiger partial charge in [-0.15, -0.1) is 0 Å². The van der Waals surface area contributed by atoms with Crippen LogP contribution in [-0.2, 0) is 0 Å². The Morgan fingerprint density at radius 2 is 2.36 bits per heavy atom. The Balaban J connectivity index is 2.08. The Hall–Kier alpha value is -0.930. The van der Waals surface area contributed by atoms with Crippen LogP contribution in [0.1, 0.15) is 18.0 Å². The Labute approximate surface area is 83.5 Å². The number of hydrogen-bond acceptors (Lipinski definition) is 2. The molecule has 1 fully saturated rings. The maximum absolute atomic E-state index is 13.0. The minimum Gasteiger partial charge on any atom is -0.329 e. The Morgan fingerprint density at radius 1 is 1.50 bits per heavy atom. The number of benzene rings is 1. The summed E-state index contributed by atoms with van der Waals surface area (Å²) in [5.74, 6) is -0.151. The molecule has 1 aromatic rings. The molecule has 1 unspecified atom stereocenters. The second-order valence-electron chi connectivity index (χ2n) is 3.68. The molecular weight excluding hydrogens is 179 g/mol. The molecule has 0 spiro atoms. The van der Waals surface area contributed by atoms with E-state index >= 15 is 0 Å². The van der Waals surface area contributed by atoms with Crippen molar-refractivity contribution in [3.05, 3.63) is 35.6 Å². The molecule has 76 valence electrons. The van der Waals surface area contributed by atoms with E-state index < -0.39 is 0 Å². The molecule has 3 heteroatoms. The molecule has 1 aliphatic rings. The highest BCUT2D eigenvalue weighted by Crippen LogP contribution is 2.32. The molecule has 0 aromatic heterocycles. The van der Waals surface area contributed by atoms with E-state index in [-0.39, 0.29) is 5.82 Å². The molecular formula is C11H15FN2. The van der Waals surface area contributed by atoms with E-state index in [0.717, 1.165) is 25.1 Å². The number of likely N-dealkylation sites (tertiary alicyclic amines) is 1. The zero-order chi connectivity index (χ0) is 9.97. The summed E-state index contributed by atoms with van der Waals surface area (Å²) in [6.45, 7) is 2.66. The highest BCUT2D eigenvalue weighted by atomic mass is 19.1. The van der Waals surface area contributed by atoms with E-state index in [9.17, 15) is 4.39 Å². The van der Waals surface area contributed by atoms with Gasteiger partial charge in [0.15, 0.2) is 0 Å². The van der Waals surface area contributed by atoms with Crippen LogP contribution in [0.3, 0.4) is 0 Å². The van der Waals surface area contributed by atoms with Gasteiger partial charge in [0, 0.05) is 25.7 Å². The maximum Gasteiger partial charge on any atom is 0.123 e. The summed E-state index contributed by atoms with van der Waals surface area (Å²) < 4.78 is 13.0. The fourth-order valence-electron chi connectivity index (χ4n) is 1.97. The Bertz CT molecular complexity index is 314. The second kappa shape index (κ2) is 4.07. The summed E-state index contributed by atoms with van der Waals surface area (Å²) in [4.78, 5) is 2.29. The molecule has 0 bridgehead atoms. The van der Waals surface area contributed by atoms with Crippen molar-refractivity contribution in [2.24, 2.45) is 5.73 Å². The van der Waals surface area contributed by atoms with Gasteiger partial charge in [0.1, 0.15) is 5.82 Å². The zero-order valence-corrected chi connectivity index (χ0v) is 8.12. The van der Waals surface area contributed by atoms with Crippen LogP contribution in [0.2, 0.25) is 0 Å². The molecule has 0 aliphatic carbocycles. The molecule has 2 N–H and O–H groups in total. The second-order valence-corrected chi connectivity index (χ2v) is 3.68. The smallest absolute Gasteiger partial charge is 0.123 e. The van der Waals surface area contributed by atoms with Crippen molar-refractivity contribution >= 4 is 0 Å². The van der Waals surface area contributed by atoms with Crippen LogP contribution in [0.5, 0.6) is 0 Å². The number of halogens is 1. The topological polar surface area (TPSA) is 29.3 Å². The maximum atomic E-state index is 13.0. The fraction of sp³-hybridized carbons (Fsp3) is 0.455. The molecule has 1 aliphatic heterocycles. The van der Waals surface area contributed by atoms with Crippen LogP contribution in [0.15, 0.2) is 24.3 Å². The van der Waals surface area contributed by atoms with Crippen LogP contribution in [0.4, 0.5) is 4.39 Å². The third kappa shape index (κ3) is 1.79. The largest absolute Gasteiger partial charge is 0.329 e. The summed E-state index contributed by atoms with van der Waals surface area (Å²) in [5, 5.41) is 0. The van der Waals surface area contributed by atoms with E-state index in [1.807, 2.05) is 6.07 Å². The quantitative estimate of drug-likeness (QED) is 0.790. The van der Waals surface area contributed by atoms with Gasteiger partial charge in [-0.3, -0.25) is 4.90 Å². The summed E-state index contributed by atoms with van der Waals surface area (Å²) in [6.07, 6.45) is 1.11. The van der Waals surface area contributed by atoms with Gasteiger partial charge < -0.3 is 5.73 Å². The van der Waals surface area contributed by atoms with E-state index in [1.165, 1.54) is 6.07 Å². The SMILES string of the molecule is NCCN1CCC1c1cccc(F)c1. The number of nitrogens with zero attached hydrogens (tertiary/aromatic N) is 1. The molecule has 1 aromatic carbocycles. The highest BCUT2D eigenvalue weighted by molar-refractivity contribution is 5.22. The molecule has 1 heterocycles. The van der Waals surface area contributed by atoms with Gasteiger partial charge in [0.05, 0.1) is 0 Å². The van der Waals surface area contributed by atoms with Gasteiger partial charge in [-0.25, -0.2) is 4.39 Å². The molecule has 0 radical (unpaired) electrons. The van der Waals surface area contributed by atoms with E-state index in [1.54, 1.807) is 12.1 Å². The first-order chi connectivity index (χ1) is 6.81. The molecule has 2 rings (SSSR count). The van der Waals surface area contributed by atoms with Crippen LogP contribution in [-0.4, -0.2) is 24.5 Å². The fourth-order valence-corrected chi connectivity index (χ4v) is 1.97. The summed E-state index contributed by atoms with van der Waals surface area (Å²) in [7, 11) is 0. The number of nitrogens with two attached hydrogens (primary N) is 1. The minimum atomic E-state index is -0.151. The van der Waals surface area contributed by atoms with Gasteiger partial charge in [-0.05, 0) is 24.1 Å². The monoisotopic (exact) mass is 194 g/mol. The minimum absolute atomic E-state index is 0.151. The van der Waals surface area contributed by atoms with Gasteiger partial charge in [0.2, 0.25) is 0 Å². The summed E-state index contributed by atoms with van der Waals surface area (Å²) in [6, 6.07) is 7.23. The van der Waals surface area contributed by atoms with Crippen LogP contribution in [0, 0.1) is 5.82 Å². The molecule has 14 heavy (non-hydrogen) atoms. The van der Waals surface area contributed by atoms with Crippen molar-refractivity contribution in [3.63, 3.8) is 0 Å². The molecule has 2 nitrogen and oxygen atoms in total. The van der Waals surface area contributed by atoms with E-state index in [4.69, 9.17) is 5.73 Å². The first kappa shape index (κ1) is 9.62. The van der Waals surface area contributed by atoms with Crippen molar-refractivity contribution in [1.82, 2.24) is 4.90 Å². The van der Waals surface area contributed by atoms with Crippen molar-refractivity contribution in [2.45, 2.75) is 12.5 Å². The number of hydrogen-bond donors (Lipinski definition) is 1. The van der Waals surface area contributed by atoms with Gasteiger partial charge in [-0.1, -0.05) is 12.1 Å². The third-order valence-corrected chi connectivity index (χ3v) is 2.78. The standard InChI is InChI=1S/C11H15FN2/c12-10-3-1-2-9(8-10)11-4-6-14(11)7-5-13/h1-3,8,11H,4-7,13H2. The summed E-state index contributed by atoms with van der Waals surface area (Å²) >= 11 is 0. The van der Waals surface area contributed by atoms with E-state index in [2.05, 4.69) is 4.90 Å². The van der Waals surface area contributed by atoms with Crippen molar-refractivity contribution in [2.75, 3.05) is 19.6 Å². The average Bonchev–Trinajstić information content (AvgIpc) is 2.12. The van der Waals surface area contributed by atoms with Crippen molar-refractivity contribution < 1.29 is 4.39 Å². The highest BCUT2D eigenvalue weighted by Gasteiger charge is 2.28. The molecule has 0 amide bonds. The van der Waals surface area contributed by atoms with Crippen LogP contribution in [0.25, 0.3) is 0 Å². The third-order valence-electron chi connectivity index (χ3n) is 2.78. The first-order valence-electron chi connectivity index (χ1n) is 5.01. The zero-order valence-electron chi connectivity index (χ0n) is 8.12. The summed E-state index contributed by atoms with van der Waals surface area (Å²) in [5.41, 5.74) is 6.57. The van der Waals surface area contributed by atoms with Crippen LogP contribution < -0.4 is 5.73 Å².